The number of nitrogens with zero attached hydrogens (tertiary/aromatic N) is 2. The molecule has 0 saturated carbocycles. The van der Waals surface area contributed by atoms with Gasteiger partial charge in [0, 0.05) is 26.0 Å². The van der Waals surface area contributed by atoms with E-state index in [0.29, 0.717) is 6.42 Å². The van der Waals surface area contributed by atoms with Crippen LogP contribution in [0.3, 0.4) is 0 Å². The van der Waals surface area contributed by atoms with Crippen molar-refractivity contribution < 1.29 is 13.0 Å². The third-order valence-corrected chi connectivity index (χ3v) is 2.73. The molecule has 6 heteroatoms. The Labute approximate surface area is 92.1 Å². The van der Waals surface area contributed by atoms with Crippen LogP contribution in [0.1, 0.15) is 20.3 Å². The Kier molecular flexibility index (Phi) is 6.35. The average Bonchev–Trinajstić information content (AvgIpc) is 2.50. The van der Waals surface area contributed by atoms with Crippen molar-refractivity contribution in [3.05, 3.63) is 12.4 Å². The Morgan fingerprint density at radius 3 is 2.07 bits per heavy atom. The molecule has 1 heterocycles. The summed E-state index contributed by atoms with van der Waals surface area (Å²) >= 11 is 0. The Balaban J connectivity index is 0.000000265. The lowest BCUT2D eigenvalue weighted by Gasteiger charge is -2.14. The summed E-state index contributed by atoms with van der Waals surface area (Å²) in [4.78, 5) is 4.41. The second kappa shape index (κ2) is 6.68. The van der Waals surface area contributed by atoms with Gasteiger partial charge in [-0.1, -0.05) is 6.92 Å². The Morgan fingerprint density at radius 2 is 1.93 bits per heavy atom. The summed E-state index contributed by atoms with van der Waals surface area (Å²) in [6.45, 7) is 6.01. The van der Waals surface area contributed by atoms with E-state index in [2.05, 4.69) is 36.2 Å². The van der Waals surface area contributed by atoms with Crippen molar-refractivity contribution in [2.24, 2.45) is 0 Å². The van der Waals surface area contributed by atoms with Gasteiger partial charge in [-0.25, -0.2) is 0 Å². The maximum atomic E-state index is 9.79. The van der Waals surface area contributed by atoms with Crippen LogP contribution >= 0.6 is 0 Å². The third-order valence-electron chi connectivity index (χ3n) is 1.80. The van der Waals surface area contributed by atoms with Crippen LogP contribution in [0.5, 0.6) is 0 Å². The molecule has 0 bridgehead atoms. The molecule has 1 N–H and O–H groups in total. The first-order chi connectivity index (χ1) is 6.89. The smallest absolute Gasteiger partial charge is 0.264 e. The quantitative estimate of drug-likeness (QED) is 0.740. The Hall–Kier alpha value is -0.750. The predicted octanol–water partition coefficient (Wildman–Crippen LogP) is 0.967. The highest BCUT2D eigenvalue weighted by atomic mass is 32.2. The molecular formula is C9H20N2O3S. The zero-order valence-corrected chi connectivity index (χ0v) is 10.4. The van der Waals surface area contributed by atoms with Gasteiger partial charge in [0.25, 0.3) is 10.1 Å². The molecule has 0 aromatic rings. The minimum Gasteiger partial charge on any atom is -0.362 e. The molecule has 0 saturated heterocycles. The number of hydrogen-bond acceptors (Lipinski definition) is 4. The first-order valence-electron chi connectivity index (χ1n) is 4.96. The lowest BCUT2D eigenvalue weighted by Crippen LogP contribution is -2.21. The minimum atomic E-state index is -3.67. The molecule has 90 valence electrons. The van der Waals surface area contributed by atoms with E-state index in [9.17, 15) is 8.42 Å². The molecule has 0 aromatic carbocycles. The average molecular weight is 236 g/mol. The molecule has 0 unspecified atom stereocenters. The minimum absolute atomic E-state index is 0.132. The highest BCUT2D eigenvalue weighted by Crippen LogP contribution is 2.00. The zero-order valence-electron chi connectivity index (χ0n) is 9.55. The first kappa shape index (κ1) is 14.2. The van der Waals surface area contributed by atoms with Crippen LogP contribution in [0.4, 0.5) is 0 Å². The monoisotopic (exact) mass is 236 g/mol. The molecule has 0 amide bonds. The van der Waals surface area contributed by atoms with E-state index in [-0.39, 0.29) is 5.75 Å². The summed E-state index contributed by atoms with van der Waals surface area (Å²) in [6.07, 6.45) is 4.67. The second-order valence-corrected chi connectivity index (χ2v) is 4.96. The Bertz CT molecular complexity index is 288. The summed E-state index contributed by atoms with van der Waals surface area (Å²) in [7, 11) is -1.60. The van der Waals surface area contributed by atoms with Gasteiger partial charge < -0.3 is 9.80 Å². The molecule has 0 aliphatic carbocycles. The summed E-state index contributed by atoms with van der Waals surface area (Å²) in [5, 5.41) is 0. The summed E-state index contributed by atoms with van der Waals surface area (Å²) in [6, 6.07) is 0. The van der Waals surface area contributed by atoms with Crippen molar-refractivity contribution >= 4 is 10.1 Å². The fraction of sp³-hybridized carbons (Fsp3) is 0.778. The van der Waals surface area contributed by atoms with E-state index in [0.717, 1.165) is 13.2 Å². The van der Waals surface area contributed by atoms with Crippen LogP contribution in [-0.4, -0.2) is 48.8 Å². The van der Waals surface area contributed by atoms with E-state index in [4.69, 9.17) is 4.55 Å². The number of rotatable bonds is 3. The molecule has 0 spiro atoms. The summed E-state index contributed by atoms with van der Waals surface area (Å²) < 4.78 is 27.6. The van der Waals surface area contributed by atoms with Gasteiger partial charge in [0.05, 0.1) is 12.4 Å². The molecule has 1 rings (SSSR count). The highest BCUT2D eigenvalue weighted by Gasteiger charge is 2.03. The van der Waals surface area contributed by atoms with Gasteiger partial charge in [0.15, 0.2) is 0 Å². The van der Waals surface area contributed by atoms with Gasteiger partial charge in [-0.3, -0.25) is 4.55 Å². The van der Waals surface area contributed by atoms with Crippen LogP contribution in [-0.2, 0) is 10.1 Å². The Morgan fingerprint density at radius 1 is 1.33 bits per heavy atom. The molecule has 1 aliphatic heterocycles. The lowest BCUT2D eigenvalue weighted by molar-refractivity contribution is 0.308. The standard InChI is InChI=1S/C6H12N2.C3H8O3S/c1-3-8-5-4-7(2)6-8;1-2-3-7(4,5)6/h4-5H,3,6H2,1-2H3;2-3H2,1H3,(H,4,5,6). The van der Waals surface area contributed by atoms with Crippen molar-refractivity contribution in [3.63, 3.8) is 0 Å². The van der Waals surface area contributed by atoms with Crippen LogP contribution in [0.2, 0.25) is 0 Å². The van der Waals surface area contributed by atoms with E-state index >= 15 is 0 Å². The largest absolute Gasteiger partial charge is 0.362 e. The van der Waals surface area contributed by atoms with Crippen molar-refractivity contribution in [2.75, 3.05) is 26.0 Å². The molecular weight excluding hydrogens is 216 g/mol. The summed E-state index contributed by atoms with van der Waals surface area (Å²) in [5.74, 6) is -0.132. The molecule has 5 nitrogen and oxygen atoms in total. The van der Waals surface area contributed by atoms with Gasteiger partial charge in [0.1, 0.15) is 0 Å². The van der Waals surface area contributed by atoms with Crippen LogP contribution in [0.25, 0.3) is 0 Å². The second-order valence-electron chi connectivity index (χ2n) is 3.39. The van der Waals surface area contributed by atoms with Gasteiger partial charge in [-0.15, -0.1) is 0 Å². The summed E-state index contributed by atoms with van der Waals surface area (Å²) in [5.41, 5.74) is 0. The maximum absolute atomic E-state index is 9.79. The maximum Gasteiger partial charge on any atom is 0.264 e. The van der Waals surface area contributed by atoms with Gasteiger partial charge >= 0.3 is 0 Å². The third kappa shape index (κ3) is 8.26. The highest BCUT2D eigenvalue weighted by molar-refractivity contribution is 7.85. The molecule has 15 heavy (non-hydrogen) atoms. The molecule has 0 radical (unpaired) electrons. The molecule has 0 fully saturated rings. The van der Waals surface area contributed by atoms with E-state index in [1.54, 1.807) is 6.92 Å². The molecule has 0 aromatic heterocycles. The zero-order chi connectivity index (χ0) is 11.9. The van der Waals surface area contributed by atoms with E-state index < -0.39 is 10.1 Å². The van der Waals surface area contributed by atoms with Crippen molar-refractivity contribution in [1.29, 1.82) is 0 Å². The first-order valence-corrected chi connectivity index (χ1v) is 6.57. The fourth-order valence-electron chi connectivity index (χ4n) is 1.05. The van der Waals surface area contributed by atoms with E-state index in [1.807, 2.05) is 0 Å². The van der Waals surface area contributed by atoms with E-state index in [1.165, 1.54) is 0 Å². The van der Waals surface area contributed by atoms with Gasteiger partial charge in [-0.2, -0.15) is 8.42 Å². The lowest BCUT2D eigenvalue weighted by atomic mass is 10.6. The van der Waals surface area contributed by atoms with Gasteiger partial charge in [0.2, 0.25) is 0 Å². The topological polar surface area (TPSA) is 60.9 Å². The fourth-order valence-corrected chi connectivity index (χ4v) is 1.57. The van der Waals surface area contributed by atoms with Crippen LogP contribution in [0, 0.1) is 0 Å². The van der Waals surface area contributed by atoms with Crippen LogP contribution in [0.15, 0.2) is 12.4 Å². The van der Waals surface area contributed by atoms with Crippen molar-refractivity contribution in [3.8, 4) is 0 Å². The SMILES string of the molecule is CCCS(=O)(=O)O.CCN1C=CN(C)C1. The van der Waals surface area contributed by atoms with Gasteiger partial charge in [-0.05, 0) is 13.3 Å². The molecule has 0 atom stereocenters. The van der Waals surface area contributed by atoms with Crippen molar-refractivity contribution in [2.45, 2.75) is 20.3 Å². The van der Waals surface area contributed by atoms with Crippen LogP contribution < -0.4 is 0 Å². The normalized spacial score (nSPS) is 15.2. The predicted molar refractivity (Wildman–Crippen MR) is 60.9 cm³/mol. The van der Waals surface area contributed by atoms with Crippen molar-refractivity contribution in [1.82, 2.24) is 9.80 Å². The molecule has 1 aliphatic rings. The number of hydrogen-bond donors (Lipinski definition) is 1.